The summed E-state index contributed by atoms with van der Waals surface area (Å²) in [5.74, 6) is -2.17. The number of hydrogen-bond donors (Lipinski definition) is 0. The molecule has 7 nitrogen and oxygen atoms in total. The molecule has 2 rings (SSSR count). The number of nitrogens with zero attached hydrogens (tertiary/aromatic N) is 3. The smallest absolute Gasteiger partial charge is 0.334 e. The van der Waals surface area contributed by atoms with Gasteiger partial charge in [-0.25, -0.2) is 9.69 Å². The highest BCUT2D eigenvalue weighted by Crippen LogP contribution is 2.21. The second-order valence-corrected chi connectivity index (χ2v) is 5.90. The standard InChI is InChI=1S/C16H21N3O4/c1-6-17-14(21)15(22)18(16(17)23)8-13(20)12-7-10(4)19(9(2)3)11(12)5/h7,9H,6,8H2,1-5H3. The average molecular weight is 319 g/mol. The molecule has 0 N–H and O–H groups in total. The first-order valence-electron chi connectivity index (χ1n) is 7.59. The van der Waals surface area contributed by atoms with Gasteiger partial charge in [-0.15, -0.1) is 0 Å². The summed E-state index contributed by atoms with van der Waals surface area (Å²) in [4.78, 5) is 49.7. The summed E-state index contributed by atoms with van der Waals surface area (Å²) in [5.41, 5.74) is 2.20. The van der Waals surface area contributed by atoms with Gasteiger partial charge in [0.1, 0.15) is 0 Å². The molecule has 124 valence electrons. The minimum atomic E-state index is -0.942. The molecule has 2 heterocycles. The van der Waals surface area contributed by atoms with Crippen LogP contribution in [-0.4, -0.2) is 51.1 Å². The van der Waals surface area contributed by atoms with E-state index in [4.69, 9.17) is 0 Å². The van der Waals surface area contributed by atoms with Crippen molar-refractivity contribution in [1.29, 1.82) is 0 Å². The highest BCUT2D eigenvalue weighted by molar-refractivity contribution is 6.45. The van der Waals surface area contributed by atoms with E-state index in [1.54, 1.807) is 13.0 Å². The van der Waals surface area contributed by atoms with E-state index in [0.717, 1.165) is 21.2 Å². The Hall–Kier alpha value is -2.44. The van der Waals surface area contributed by atoms with Crippen LogP contribution in [0.2, 0.25) is 0 Å². The van der Waals surface area contributed by atoms with Crippen LogP contribution >= 0.6 is 0 Å². The largest absolute Gasteiger partial charge is 0.346 e. The molecule has 0 aliphatic carbocycles. The van der Waals surface area contributed by atoms with Crippen molar-refractivity contribution in [3.8, 4) is 0 Å². The quantitative estimate of drug-likeness (QED) is 0.470. The van der Waals surface area contributed by atoms with Crippen molar-refractivity contribution in [3.05, 3.63) is 23.0 Å². The lowest BCUT2D eigenvalue weighted by molar-refractivity contribution is -0.143. The number of carbonyl (C=O) groups excluding carboxylic acids is 4. The highest BCUT2D eigenvalue weighted by Gasteiger charge is 2.44. The normalized spacial score (nSPS) is 15.3. The van der Waals surface area contributed by atoms with E-state index >= 15 is 0 Å². The second kappa shape index (κ2) is 5.98. The minimum absolute atomic E-state index is 0.107. The van der Waals surface area contributed by atoms with E-state index in [1.165, 1.54) is 0 Å². The predicted molar refractivity (Wildman–Crippen MR) is 83.1 cm³/mol. The van der Waals surface area contributed by atoms with Gasteiger partial charge in [-0.1, -0.05) is 0 Å². The number of aryl methyl sites for hydroxylation is 1. The Labute approximate surface area is 134 Å². The van der Waals surface area contributed by atoms with Crippen molar-refractivity contribution in [2.24, 2.45) is 0 Å². The van der Waals surface area contributed by atoms with Crippen LogP contribution in [0.5, 0.6) is 0 Å². The molecule has 1 aromatic heterocycles. The number of Topliss-reactive ketones (excluding diaryl/α,β-unsaturated/α-hetero) is 1. The summed E-state index contributed by atoms with van der Waals surface area (Å²) < 4.78 is 2.02. The Morgan fingerprint density at radius 1 is 1.09 bits per heavy atom. The third-order valence-electron chi connectivity index (χ3n) is 4.05. The first-order valence-corrected chi connectivity index (χ1v) is 7.59. The van der Waals surface area contributed by atoms with Crippen molar-refractivity contribution in [3.63, 3.8) is 0 Å². The van der Waals surface area contributed by atoms with E-state index in [1.807, 2.05) is 32.3 Å². The summed E-state index contributed by atoms with van der Waals surface area (Å²) in [6.45, 7) is 9.05. The van der Waals surface area contributed by atoms with E-state index in [2.05, 4.69) is 0 Å². The van der Waals surface area contributed by atoms with Gasteiger partial charge in [0.25, 0.3) is 0 Å². The van der Waals surface area contributed by atoms with Crippen molar-refractivity contribution >= 4 is 23.6 Å². The molecule has 1 aromatic rings. The lowest BCUT2D eigenvalue weighted by atomic mass is 10.1. The Morgan fingerprint density at radius 2 is 1.65 bits per heavy atom. The van der Waals surface area contributed by atoms with Crippen LogP contribution in [0, 0.1) is 13.8 Å². The molecule has 0 spiro atoms. The fourth-order valence-electron chi connectivity index (χ4n) is 3.05. The summed E-state index contributed by atoms with van der Waals surface area (Å²) in [5, 5.41) is 0. The number of ketones is 1. The maximum atomic E-state index is 12.5. The van der Waals surface area contributed by atoms with Crippen LogP contribution in [-0.2, 0) is 9.59 Å². The summed E-state index contributed by atoms with van der Waals surface area (Å²) in [7, 11) is 0. The molecule has 7 heteroatoms. The summed E-state index contributed by atoms with van der Waals surface area (Å²) in [6, 6.07) is 1.22. The van der Waals surface area contributed by atoms with E-state index < -0.39 is 24.4 Å². The monoisotopic (exact) mass is 319 g/mol. The Balaban J connectivity index is 2.27. The van der Waals surface area contributed by atoms with E-state index in [0.29, 0.717) is 5.56 Å². The molecule has 0 atom stereocenters. The zero-order chi connectivity index (χ0) is 17.5. The van der Waals surface area contributed by atoms with Gasteiger partial charge in [0.05, 0.1) is 6.54 Å². The van der Waals surface area contributed by atoms with Crippen LogP contribution in [0.1, 0.15) is 48.6 Å². The maximum absolute atomic E-state index is 12.5. The molecule has 1 aliphatic rings. The lowest BCUT2D eigenvalue weighted by Gasteiger charge is -2.15. The Bertz CT molecular complexity index is 702. The first kappa shape index (κ1) is 16.9. The molecule has 4 amide bonds. The number of imide groups is 2. The number of carbonyl (C=O) groups is 4. The third kappa shape index (κ3) is 2.67. The number of likely N-dealkylation sites (N-methyl/N-ethyl adjacent to an activating group) is 1. The SMILES string of the molecule is CCN1C(=O)C(=O)N(CC(=O)c2cc(C)n(C(C)C)c2C)C1=O. The van der Waals surface area contributed by atoms with Gasteiger partial charge in [-0.05, 0) is 40.7 Å². The zero-order valence-electron chi connectivity index (χ0n) is 14.0. The Morgan fingerprint density at radius 3 is 2.09 bits per heavy atom. The molecule has 0 saturated carbocycles. The van der Waals surface area contributed by atoms with Crippen LogP contribution in [0.15, 0.2) is 6.07 Å². The van der Waals surface area contributed by atoms with Crippen molar-refractivity contribution in [2.45, 2.75) is 40.7 Å². The molecular weight excluding hydrogens is 298 g/mol. The molecule has 0 unspecified atom stereocenters. The van der Waals surface area contributed by atoms with Crippen LogP contribution in [0.4, 0.5) is 4.79 Å². The second-order valence-electron chi connectivity index (χ2n) is 5.90. The molecule has 1 saturated heterocycles. The number of aromatic nitrogens is 1. The van der Waals surface area contributed by atoms with Gasteiger partial charge < -0.3 is 4.57 Å². The van der Waals surface area contributed by atoms with E-state index in [-0.39, 0.29) is 18.4 Å². The fourth-order valence-corrected chi connectivity index (χ4v) is 3.05. The van der Waals surface area contributed by atoms with Gasteiger partial charge in [-0.3, -0.25) is 19.3 Å². The number of urea groups is 1. The van der Waals surface area contributed by atoms with Gasteiger partial charge in [0.15, 0.2) is 5.78 Å². The predicted octanol–water partition coefficient (Wildman–Crippen LogP) is 1.68. The number of hydrogen-bond acceptors (Lipinski definition) is 4. The van der Waals surface area contributed by atoms with E-state index in [9.17, 15) is 19.2 Å². The topological polar surface area (TPSA) is 79.7 Å². The van der Waals surface area contributed by atoms with Crippen LogP contribution in [0.25, 0.3) is 0 Å². The van der Waals surface area contributed by atoms with Gasteiger partial charge >= 0.3 is 17.8 Å². The van der Waals surface area contributed by atoms with Gasteiger partial charge in [0.2, 0.25) is 0 Å². The fraction of sp³-hybridized carbons (Fsp3) is 0.500. The molecule has 1 aliphatic heterocycles. The molecule has 23 heavy (non-hydrogen) atoms. The molecule has 0 radical (unpaired) electrons. The average Bonchev–Trinajstić information content (AvgIpc) is 2.88. The van der Waals surface area contributed by atoms with Crippen molar-refractivity contribution in [2.75, 3.05) is 13.1 Å². The van der Waals surface area contributed by atoms with Gasteiger partial charge in [-0.2, -0.15) is 0 Å². The van der Waals surface area contributed by atoms with Crippen LogP contribution < -0.4 is 0 Å². The molecular formula is C16H21N3O4. The highest BCUT2D eigenvalue weighted by atomic mass is 16.2. The zero-order valence-corrected chi connectivity index (χ0v) is 14.0. The summed E-state index contributed by atoms with van der Waals surface area (Å²) in [6.07, 6.45) is 0. The summed E-state index contributed by atoms with van der Waals surface area (Å²) >= 11 is 0. The molecule has 0 bridgehead atoms. The third-order valence-corrected chi connectivity index (χ3v) is 4.05. The first-order chi connectivity index (χ1) is 10.7. The number of rotatable bonds is 5. The molecule has 1 fully saturated rings. The minimum Gasteiger partial charge on any atom is -0.346 e. The van der Waals surface area contributed by atoms with Gasteiger partial charge in [0, 0.05) is 29.5 Å². The molecule has 0 aromatic carbocycles. The van der Waals surface area contributed by atoms with Crippen molar-refractivity contribution < 1.29 is 19.2 Å². The van der Waals surface area contributed by atoms with Crippen molar-refractivity contribution in [1.82, 2.24) is 14.4 Å². The Kier molecular flexibility index (Phi) is 4.40. The number of amides is 4. The van der Waals surface area contributed by atoms with Crippen LogP contribution in [0.3, 0.4) is 0 Å². The lowest BCUT2D eigenvalue weighted by Crippen LogP contribution is -2.37. The maximum Gasteiger partial charge on any atom is 0.334 e.